The summed E-state index contributed by atoms with van der Waals surface area (Å²) >= 11 is 1.63. The van der Waals surface area contributed by atoms with Crippen molar-refractivity contribution in [2.24, 2.45) is 5.92 Å². The summed E-state index contributed by atoms with van der Waals surface area (Å²) in [6, 6.07) is -0.914. The SMILES string of the molecule is CCc1cnc(C(C)N2C(=O)C(C3CC3)NC(=O)C2C)s1. The van der Waals surface area contributed by atoms with Gasteiger partial charge in [-0.05, 0) is 39.0 Å². The molecule has 0 spiro atoms. The van der Waals surface area contributed by atoms with E-state index in [1.165, 1.54) is 4.88 Å². The van der Waals surface area contributed by atoms with Crippen molar-refractivity contribution in [3.05, 3.63) is 16.1 Å². The summed E-state index contributed by atoms with van der Waals surface area (Å²) in [4.78, 5) is 32.3. The number of hydrogen-bond acceptors (Lipinski definition) is 4. The number of thiazole rings is 1. The van der Waals surface area contributed by atoms with Gasteiger partial charge in [0.1, 0.15) is 17.1 Å². The van der Waals surface area contributed by atoms with Gasteiger partial charge in [-0.15, -0.1) is 11.3 Å². The molecule has 0 radical (unpaired) electrons. The first-order valence-electron chi connectivity index (χ1n) is 7.60. The van der Waals surface area contributed by atoms with E-state index in [2.05, 4.69) is 17.2 Å². The summed E-state index contributed by atoms with van der Waals surface area (Å²) in [5, 5.41) is 3.80. The first-order valence-corrected chi connectivity index (χ1v) is 8.41. The number of piperazine rings is 1. The van der Waals surface area contributed by atoms with Gasteiger partial charge in [0.25, 0.3) is 0 Å². The van der Waals surface area contributed by atoms with Crippen LogP contribution >= 0.6 is 11.3 Å². The van der Waals surface area contributed by atoms with Crippen LogP contribution in [0.2, 0.25) is 0 Å². The van der Waals surface area contributed by atoms with Crippen LogP contribution in [-0.2, 0) is 16.0 Å². The normalized spacial score (nSPS) is 27.7. The Bertz CT molecular complexity index is 567. The molecule has 1 aromatic heterocycles. The summed E-state index contributed by atoms with van der Waals surface area (Å²) in [7, 11) is 0. The number of rotatable bonds is 4. The fraction of sp³-hybridized carbons (Fsp3) is 0.667. The number of hydrogen-bond donors (Lipinski definition) is 1. The van der Waals surface area contributed by atoms with Crippen LogP contribution in [0.1, 0.15) is 49.5 Å². The Morgan fingerprint density at radius 3 is 2.76 bits per heavy atom. The highest BCUT2D eigenvalue weighted by molar-refractivity contribution is 7.11. The van der Waals surface area contributed by atoms with Crippen LogP contribution in [0.4, 0.5) is 0 Å². The molecular formula is C15H21N3O2S. The molecule has 3 atom stereocenters. The molecule has 1 aromatic rings. The van der Waals surface area contributed by atoms with Crippen molar-refractivity contribution in [1.29, 1.82) is 0 Å². The molecular weight excluding hydrogens is 286 g/mol. The van der Waals surface area contributed by atoms with Crippen LogP contribution < -0.4 is 5.32 Å². The van der Waals surface area contributed by atoms with Gasteiger partial charge in [0.2, 0.25) is 11.8 Å². The second-order valence-corrected chi connectivity index (χ2v) is 7.09. The third kappa shape index (κ3) is 2.57. The van der Waals surface area contributed by atoms with Crippen LogP contribution in [-0.4, -0.2) is 33.8 Å². The van der Waals surface area contributed by atoms with Crippen LogP contribution in [0, 0.1) is 5.92 Å². The largest absolute Gasteiger partial charge is 0.342 e. The van der Waals surface area contributed by atoms with Gasteiger partial charge in [-0.2, -0.15) is 0 Å². The summed E-state index contributed by atoms with van der Waals surface area (Å²) in [6.45, 7) is 5.85. The van der Waals surface area contributed by atoms with Gasteiger partial charge in [0.05, 0.1) is 6.04 Å². The molecule has 3 rings (SSSR count). The maximum absolute atomic E-state index is 12.7. The maximum atomic E-state index is 12.7. The van der Waals surface area contributed by atoms with Gasteiger partial charge in [-0.1, -0.05) is 6.92 Å². The molecule has 1 aliphatic heterocycles. The molecule has 21 heavy (non-hydrogen) atoms. The van der Waals surface area contributed by atoms with Gasteiger partial charge < -0.3 is 10.2 Å². The average Bonchev–Trinajstić information content (AvgIpc) is 3.19. The summed E-state index contributed by atoms with van der Waals surface area (Å²) in [6.07, 6.45) is 4.88. The minimum Gasteiger partial charge on any atom is -0.342 e. The third-order valence-electron chi connectivity index (χ3n) is 4.40. The number of carbonyl (C=O) groups excluding carboxylic acids is 2. The first kappa shape index (κ1) is 14.5. The quantitative estimate of drug-likeness (QED) is 0.924. The highest BCUT2D eigenvalue weighted by Gasteiger charge is 2.47. The molecule has 1 aliphatic carbocycles. The Morgan fingerprint density at radius 1 is 1.48 bits per heavy atom. The molecule has 0 aromatic carbocycles. The molecule has 0 bridgehead atoms. The number of carbonyl (C=O) groups is 2. The van der Waals surface area contributed by atoms with Crippen molar-refractivity contribution in [1.82, 2.24) is 15.2 Å². The zero-order chi connectivity index (χ0) is 15.1. The molecule has 2 fully saturated rings. The molecule has 2 amide bonds. The summed E-state index contributed by atoms with van der Waals surface area (Å²) < 4.78 is 0. The summed E-state index contributed by atoms with van der Waals surface area (Å²) in [5.41, 5.74) is 0. The number of aryl methyl sites for hydroxylation is 1. The van der Waals surface area contributed by atoms with E-state index in [9.17, 15) is 9.59 Å². The Morgan fingerprint density at radius 2 is 2.19 bits per heavy atom. The monoisotopic (exact) mass is 307 g/mol. The molecule has 3 unspecified atom stereocenters. The lowest BCUT2D eigenvalue weighted by Gasteiger charge is -2.40. The van der Waals surface area contributed by atoms with Gasteiger partial charge >= 0.3 is 0 Å². The Kier molecular flexibility index (Phi) is 3.73. The molecule has 5 nitrogen and oxygen atoms in total. The molecule has 1 saturated carbocycles. The molecule has 1 N–H and O–H groups in total. The van der Waals surface area contributed by atoms with E-state index < -0.39 is 6.04 Å². The minimum absolute atomic E-state index is 0.0466. The van der Waals surface area contributed by atoms with E-state index in [1.54, 1.807) is 23.2 Å². The van der Waals surface area contributed by atoms with Crippen molar-refractivity contribution in [3.63, 3.8) is 0 Å². The smallest absolute Gasteiger partial charge is 0.246 e. The molecule has 2 aliphatic rings. The van der Waals surface area contributed by atoms with E-state index in [0.29, 0.717) is 5.92 Å². The fourth-order valence-electron chi connectivity index (χ4n) is 2.89. The maximum Gasteiger partial charge on any atom is 0.246 e. The van der Waals surface area contributed by atoms with E-state index in [4.69, 9.17) is 0 Å². The van der Waals surface area contributed by atoms with Gasteiger partial charge in [-0.3, -0.25) is 9.59 Å². The Balaban J connectivity index is 1.86. The minimum atomic E-state index is -0.434. The molecule has 1 saturated heterocycles. The lowest BCUT2D eigenvalue weighted by molar-refractivity contribution is -0.151. The average molecular weight is 307 g/mol. The Labute approximate surface area is 128 Å². The van der Waals surface area contributed by atoms with Crippen LogP contribution in [0.5, 0.6) is 0 Å². The van der Waals surface area contributed by atoms with Crippen LogP contribution in [0.25, 0.3) is 0 Å². The number of aromatic nitrogens is 1. The lowest BCUT2D eigenvalue weighted by atomic mass is 10.0. The predicted molar refractivity (Wildman–Crippen MR) is 80.9 cm³/mol. The van der Waals surface area contributed by atoms with Gasteiger partial charge in [-0.25, -0.2) is 4.98 Å². The van der Waals surface area contributed by atoms with Crippen molar-refractivity contribution >= 4 is 23.2 Å². The standard InChI is InChI=1S/C15H21N3O2S/c1-4-11-7-16-14(21-11)9(3)18-8(2)13(19)17-12(15(18)20)10-5-6-10/h7-10,12H,4-6H2,1-3H3,(H,17,19). The predicted octanol–water partition coefficient (Wildman–Crippen LogP) is 1.89. The van der Waals surface area contributed by atoms with Crippen molar-refractivity contribution < 1.29 is 9.59 Å². The molecule has 6 heteroatoms. The number of amides is 2. The second kappa shape index (κ2) is 5.40. The summed E-state index contributed by atoms with van der Waals surface area (Å²) in [5.74, 6) is 0.321. The Hall–Kier alpha value is -1.43. The first-order chi connectivity index (χ1) is 10.0. The van der Waals surface area contributed by atoms with E-state index in [1.807, 2.05) is 13.1 Å². The lowest BCUT2D eigenvalue weighted by Crippen LogP contribution is -2.63. The van der Waals surface area contributed by atoms with E-state index in [-0.39, 0.29) is 23.9 Å². The number of nitrogens with zero attached hydrogens (tertiary/aromatic N) is 2. The highest BCUT2D eigenvalue weighted by Crippen LogP contribution is 2.37. The second-order valence-electron chi connectivity index (χ2n) is 5.94. The van der Waals surface area contributed by atoms with Crippen LogP contribution in [0.3, 0.4) is 0 Å². The zero-order valence-corrected chi connectivity index (χ0v) is 13.4. The molecule has 2 heterocycles. The highest BCUT2D eigenvalue weighted by atomic mass is 32.1. The fourth-order valence-corrected chi connectivity index (χ4v) is 3.79. The van der Waals surface area contributed by atoms with E-state index in [0.717, 1.165) is 24.3 Å². The topological polar surface area (TPSA) is 62.3 Å². The van der Waals surface area contributed by atoms with Crippen molar-refractivity contribution in [2.45, 2.75) is 58.2 Å². The van der Waals surface area contributed by atoms with Gasteiger partial charge in [0.15, 0.2) is 0 Å². The number of nitrogens with one attached hydrogen (secondary N) is 1. The van der Waals surface area contributed by atoms with Crippen molar-refractivity contribution in [2.75, 3.05) is 0 Å². The van der Waals surface area contributed by atoms with Crippen molar-refractivity contribution in [3.8, 4) is 0 Å². The van der Waals surface area contributed by atoms with E-state index >= 15 is 0 Å². The van der Waals surface area contributed by atoms with Gasteiger partial charge in [0, 0.05) is 11.1 Å². The van der Waals surface area contributed by atoms with Crippen LogP contribution in [0.15, 0.2) is 6.20 Å². The molecule has 114 valence electrons. The third-order valence-corrected chi connectivity index (χ3v) is 5.71. The zero-order valence-electron chi connectivity index (χ0n) is 12.6.